The zero-order chi connectivity index (χ0) is 32.4. The molecule has 236 valence electrons. The minimum absolute atomic E-state index is 0.0120. The lowest BCUT2D eigenvalue weighted by atomic mass is 9.79. The van der Waals surface area contributed by atoms with Crippen LogP contribution in [0.15, 0.2) is 46.5 Å². The fraction of sp³-hybridized carbons (Fsp3) is 0.382. The van der Waals surface area contributed by atoms with Gasteiger partial charge in [-0.2, -0.15) is 0 Å². The average molecular weight is 626 g/mol. The normalized spacial score (nSPS) is 17.5. The number of carbonyl (C=O) groups is 2. The molecule has 2 saturated heterocycles. The predicted molar refractivity (Wildman–Crippen MR) is 168 cm³/mol. The number of pyridine rings is 2. The zero-order valence-electron chi connectivity index (χ0n) is 25.3. The molecule has 3 aliphatic rings. The number of nitrogens with zero attached hydrogens (tertiary/aromatic N) is 4. The van der Waals surface area contributed by atoms with E-state index < -0.39 is 23.2 Å². The Kier molecular flexibility index (Phi) is 8.48. The van der Waals surface area contributed by atoms with Crippen LogP contribution in [0.5, 0.6) is 5.75 Å². The number of rotatable bonds is 10. The molecular formula is C34H32FN5O6. The van der Waals surface area contributed by atoms with Crippen LogP contribution in [-0.2, 0) is 9.57 Å². The Morgan fingerprint density at radius 1 is 1.17 bits per heavy atom. The van der Waals surface area contributed by atoms with Crippen LogP contribution in [0.4, 0.5) is 10.2 Å². The van der Waals surface area contributed by atoms with E-state index in [1.807, 2.05) is 4.90 Å². The first-order valence-electron chi connectivity index (χ1n) is 14.9. The third kappa shape index (κ3) is 5.92. The predicted octanol–water partition coefficient (Wildman–Crippen LogP) is 3.32. The SMILES string of the molecule is C#CCC(CC#C)COC(=O)c1ccc(OC(=O)c2cn(C3CC3)c3nc(N4C/C(=N/OC)C5(CNC5)C4)c(F)cc3c2=O)cc1. The highest BCUT2D eigenvalue weighted by Crippen LogP contribution is 2.39. The van der Waals surface area contributed by atoms with Crippen molar-refractivity contribution in [2.75, 3.05) is 44.8 Å². The molecule has 1 saturated carbocycles. The highest BCUT2D eigenvalue weighted by atomic mass is 19.1. The summed E-state index contributed by atoms with van der Waals surface area (Å²) >= 11 is 0. The van der Waals surface area contributed by atoms with E-state index in [0.29, 0.717) is 44.7 Å². The van der Waals surface area contributed by atoms with E-state index in [-0.39, 0.29) is 52.1 Å². The van der Waals surface area contributed by atoms with Crippen LogP contribution in [0.3, 0.4) is 0 Å². The van der Waals surface area contributed by atoms with Gasteiger partial charge in [-0.05, 0) is 43.2 Å². The van der Waals surface area contributed by atoms with Gasteiger partial charge in [-0.15, -0.1) is 24.7 Å². The van der Waals surface area contributed by atoms with E-state index >= 15 is 4.39 Å². The van der Waals surface area contributed by atoms with Crippen molar-refractivity contribution in [1.82, 2.24) is 14.9 Å². The van der Waals surface area contributed by atoms with Gasteiger partial charge in [0.15, 0.2) is 11.6 Å². The Bertz CT molecular complexity index is 1850. The molecule has 12 heteroatoms. The summed E-state index contributed by atoms with van der Waals surface area (Å²) in [5, 5.41) is 7.42. The molecule has 46 heavy (non-hydrogen) atoms. The summed E-state index contributed by atoms with van der Waals surface area (Å²) in [5.41, 5.74) is 0.150. The number of oxime groups is 1. The number of fused-ring (bicyclic) bond motifs is 1. The fourth-order valence-corrected chi connectivity index (χ4v) is 5.85. The minimum atomic E-state index is -0.910. The van der Waals surface area contributed by atoms with Gasteiger partial charge in [0.05, 0.1) is 35.2 Å². The number of carbonyl (C=O) groups excluding carboxylic acids is 2. The summed E-state index contributed by atoms with van der Waals surface area (Å²) in [6.07, 6.45) is 14.6. The van der Waals surface area contributed by atoms with Crippen molar-refractivity contribution < 1.29 is 28.3 Å². The molecule has 2 aliphatic heterocycles. The van der Waals surface area contributed by atoms with E-state index in [2.05, 4.69) is 27.3 Å². The first-order chi connectivity index (χ1) is 22.3. The third-order valence-electron chi connectivity index (χ3n) is 8.54. The first kappa shape index (κ1) is 30.8. The Morgan fingerprint density at radius 3 is 2.50 bits per heavy atom. The number of esters is 2. The number of hydrogen-bond acceptors (Lipinski definition) is 10. The molecule has 3 fully saturated rings. The second-order valence-corrected chi connectivity index (χ2v) is 11.8. The molecule has 2 aromatic heterocycles. The van der Waals surface area contributed by atoms with Gasteiger partial charge >= 0.3 is 11.9 Å². The molecule has 0 unspecified atom stereocenters. The van der Waals surface area contributed by atoms with E-state index in [0.717, 1.165) is 24.6 Å². The first-order valence-corrected chi connectivity index (χ1v) is 14.9. The maximum Gasteiger partial charge on any atom is 0.349 e. The molecule has 0 radical (unpaired) electrons. The van der Waals surface area contributed by atoms with Gasteiger partial charge in [-0.25, -0.2) is 19.0 Å². The van der Waals surface area contributed by atoms with Crippen molar-refractivity contribution >= 4 is 34.5 Å². The molecule has 1 N–H and O–H groups in total. The van der Waals surface area contributed by atoms with Crippen LogP contribution < -0.4 is 20.4 Å². The molecule has 1 aliphatic carbocycles. The fourth-order valence-electron chi connectivity index (χ4n) is 5.85. The monoisotopic (exact) mass is 625 g/mol. The second-order valence-electron chi connectivity index (χ2n) is 11.8. The highest BCUT2D eigenvalue weighted by molar-refractivity contribution is 5.99. The number of hydrogen-bond donors (Lipinski definition) is 1. The average Bonchev–Trinajstić information content (AvgIpc) is 3.80. The van der Waals surface area contributed by atoms with Gasteiger partial charge in [-0.1, -0.05) is 5.16 Å². The quantitative estimate of drug-likeness (QED) is 0.156. The van der Waals surface area contributed by atoms with Crippen molar-refractivity contribution in [2.24, 2.45) is 16.5 Å². The molecule has 6 rings (SSSR count). The molecule has 1 spiro atoms. The summed E-state index contributed by atoms with van der Waals surface area (Å²) < 4.78 is 28.2. The molecule has 0 amide bonds. The molecule has 0 atom stereocenters. The lowest BCUT2D eigenvalue weighted by Crippen LogP contribution is -2.58. The van der Waals surface area contributed by atoms with Crippen LogP contribution in [0.1, 0.15) is 52.4 Å². The summed E-state index contributed by atoms with van der Waals surface area (Å²) in [6.45, 7) is 2.33. The number of halogens is 1. The van der Waals surface area contributed by atoms with Crippen molar-refractivity contribution in [2.45, 2.75) is 31.7 Å². The smallest absolute Gasteiger partial charge is 0.349 e. The van der Waals surface area contributed by atoms with Crippen LogP contribution in [0, 0.1) is 41.8 Å². The molecule has 4 heterocycles. The molecule has 1 aromatic carbocycles. The lowest BCUT2D eigenvalue weighted by Gasteiger charge is -2.38. The van der Waals surface area contributed by atoms with Gasteiger partial charge in [0, 0.05) is 50.6 Å². The van der Waals surface area contributed by atoms with Gasteiger partial charge in [0.1, 0.15) is 24.1 Å². The van der Waals surface area contributed by atoms with Crippen molar-refractivity contribution in [3.63, 3.8) is 0 Å². The maximum atomic E-state index is 15.6. The molecule has 3 aromatic rings. The minimum Gasteiger partial charge on any atom is -0.462 e. The molecular weight excluding hydrogens is 593 g/mol. The molecule has 11 nitrogen and oxygen atoms in total. The summed E-state index contributed by atoms with van der Waals surface area (Å²) in [4.78, 5) is 50.8. The third-order valence-corrected chi connectivity index (χ3v) is 8.54. The van der Waals surface area contributed by atoms with Gasteiger partial charge in [-0.3, -0.25) is 4.79 Å². The summed E-state index contributed by atoms with van der Waals surface area (Å²) in [7, 11) is 1.48. The number of terminal acetylenes is 2. The largest absolute Gasteiger partial charge is 0.462 e. The van der Waals surface area contributed by atoms with Crippen LogP contribution in [-0.4, -0.2) is 67.1 Å². The van der Waals surface area contributed by atoms with E-state index in [1.165, 1.54) is 37.6 Å². The number of anilines is 1. The van der Waals surface area contributed by atoms with Crippen molar-refractivity contribution in [1.29, 1.82) is 0 Å². The number of ether oxygens (including phenoxy) is 2. The Morgan fingerprint density at radius 2 is 1.89 bits per heavy atom. The van der Waals surface area contributed by atoms with Crippen LogP contribution in [0.25, 0.3) is 11.0 Å². The number of nitrogens with one attached hydrogen (secondary N) is 1. The van der Waals surface area contributed by atoms with Gasteiger partial charge < -0.3 is 29.1 Å². The Balaban J connectivity index is 1.22. The second kappa shape index (κ2) is 12.7. The van der Waals surface area contributed by atoms with Crippen molar-refractivity contribution in [3.8, 4) is 30.4 Å². The van der Waals surface area contributed by atoms with E-state index in [9.17, 15) is 14.4 Å². The topological polar surface area (TPSA) is 124 Å². The van der Waals surface area contributed by atoms with Crippen LogP contribution >= 0.6 is 0 Å². The maximum absolute atomic E-state index is 15.6. The zero-order valence-corrected chi connectivity index (χ0v) is 25.3. The summed E-state index contributed by atoms with van der Waals surface area (Å²) in [6, 6.07) is 6.88. The number of benzene rings is 1. The van der Waals surface area contributed by atoms with Gasteiger partial charge in [0.25, 0.3) is 0 Å². The molecule has 0 bridgehead atoms. The van der Waals surface area contributed by atoms with Crippen molar-refractivity contribution in [3.05, 3.63) is 63.7 Å². The Labute approximate surface area is 264 Å². The number of aromatic nitrogens is 2. The van der Waals surface area contributed by atoms with E-state index in [1.54, 1.807) is 4.57 Å². The highest BCUT2D eigenvalue weighted by Gasteiger charge is 2.50. The standard InChI is InChI=1S/C34H32FN5O6/c1-4-6-21(7-5-2)17-45-32(42)22-8-12-24(13-9-22)46-33(43)26-15-40(23-10-11-23)30-25(29(26)41)14-27(35)31(37-30)39-16-28(38-44-3)34(20-39)18-36-19-34/h1-2,8-9,12-15,21,23,36H,6-7,10-11,16-20H2,3H3/b38-28-. The Hall–Kier alpha value is -5.20. The van der Waals surface area contributed by atoms with Crippen LogP contribution in [0.2, 0.25) is 0 Å². The summed E-state index contributed by atoms with van der Waals surface area (Å²) in [5.74, 6) is 2.95. The lowest BCUT2D eigenvalue weighted by molar-refractivity contribution is 0.0444. The van der Waals surface area contributed by atoms with E-state index in [4.69, 9.17) is 27.2 Å². The van der Waals surface area contributed by atoms with Gasteiger partial charge in [0.2, 0.25) is 5.43 Å².